The van der Waals surface area contributed by atoms with E-state index in [1.807, 2.05) is 0 Å². The van der Waals surface area contributed by atoms with Gasteiger partial charge in [-0.2, -0.15) is 13.2 Å². The highest BCUT2D eigenvalue weighted by atomic mass is 19.4. The maximum absolute atomic E-state index is 13.0. The van der Waals surface area contributed by atoms with E-state index < -0.39 is 17.8 Å². The van der Waals surface area contributed by atoms with Crippen LogP contribution in [0.2, 0.25) is 0 Å². The summed E-state index contributed by atoms with van der Waals surface area (Å²) in [7, 11) is 0. The molecule has 1 aromatic rings. The molecule has 1 atom stereocenters. The summed E-state index contributed by atoms with van der Waals surface area (Å²) in [6.07, 6.45) is -2.39. The Morgan fingerprint density at radius 2 is 1.90 bits per heavy atom. The van der Waals surface area contributed by atoms with Gasteiger partial charge in [-0.15, -0.1) is 0 Å². The predicted octanol–water partition coefficient (Wildman–Crippen LogP) is 2.98. The molecule has 1 amide bonds. The van der Waals surface area contributed by atoms with E-state index in [1.165, 1.54) is 12.1 Å². The maximum Gasteiger partial charge on any atom is 0.416 e. The first-order chi connectivity index (χ1) is 9.89. The fourth-order valence-electron chi connectivity index (χ4n) is 2.56. The highest BCUT2D eigenvalue weighted by molar-refractivity contribution is 5.78. The number of amides is 1. The molecule has 1 fully saturated rings. The molecule has 1 unspecified atom stereocenters. The molecular weight excluding hydrogens is 281 g/mol. The van der Waals surface area contributed by atoms with Crippen molar-refractivity contribution in [3.8, 4) is 0 Å². The molecule has 1 heterocycles. The summed E-state index contributed by atoms with van der Waals surface area (Å²) in [6.45, 7) is 3.19. The number of hydrogen-bond donors (Lipinski definition) is 1. The molecule has 0 spiro atoms. The summed E-state index contributed by atoms with van der Waals surface area (Å²) in [4.78, 5) is 13.6. The van der Waals surface area contributed by atoms with Crippen molar-refractivity contribution < 1.29 is 18.0 Å². The van der Waals surface area contributed by atoms with E-state index in [1.54, 1.807) is 17.9 Å². The average Bonchev–Trinajstić information content (AvgIpc) is 2.97. The summed E-state index contributed by atoms with van der Waals surface area (Å²) in [5, 5.41) is 2.90. The number of nitrogens with one attached hydrogen (secondary N) is 1. The first-order valence-corrected chi connectivity index (χ1v) is 7.07. The molecule has 0 radical (unpaired) electrons. The molecular formula is C15H19F3N2O. The van der Waals surface area contributed by atoms with E-state index in [-0.39, 0.29) is 18.0 Å². The number of carbonyl (C=O) groups excluding carboxylic acids is 1. The van der Waals surface area contributed by atoms with Gasteiger partial charge in [-0.05, 0) is 31.4 Å². The smallest absolute Gasteiger partial charge is 0.342 e. The Morgan fingerprint density at radius 3 is 2.52 bits per heavy atom. The van der Waals surface area contributed by atoms with Crippen molar-refractivity contribution in [2.45, 2.75) is 32.0 Å². The molecule has 116 valence electrons. The highest BCUT2D eigenvalue weighted by Crippen LogP contribution is 2.34. The quantitative estimate of drug-likeness (QED) is 0.927. The van der Waals surface area contributed by atoms with E-state index in [9.17, 15) is 18.0 Å². The third-order valence-electron chi connectivity index (χ3n) is 3.75. The molecule has 3 nitrogen and oxygen atoms in total. The van der Waals surface area contributed by atoms with Crippen LogP contribution in [0.1, 0.15) is 36.9 Å². The molecule has 1 aliphatic heterocycles. The summed E-state index contributed by atoms with van der Waals surface area (Å²) in [5.41, 5.74) is -0.488. The molecule has 0 aliphatic carbocycles. The second kappa shape index (κ2) is 6.47. The van der Waals surface area contributed by atoms with Gasteiger partial charge in [-0.3, -0.25) is 4.79 Å². The van der Waals surface area contributed by atoms with E-state index in [0.717, 1.165) is 32.0 Å². The molecule has 2 rings (SSSR count). The first kappa shape index (κ1) is 15.8. The van der Waals surface area contributed by atoms with Crippen molar-refractivity contribution in [3.05, 3.63) is 35.4 Å². The predicted molar refractivity (Wildman–Crippen MR) is 73.7 cm³/mol. The Balaban J connectivity index is 2.00. The Hall–Kier alpha value is -1.56. The van der Waals surface area contributed by atoms with Crippen molar-refractivity contribution in [2.24, 2.45) is 0 Å². The maximum atomic E-state index is 13.0. The van der Waals surface area contributed by atoms with Crippen LogP contribution in [0.3, 0.4) is 0 Å². The number of carbonyl (C=O) groups is 1. The fraction of sp³-hybridized carbons (Fsp3) is 0.533. The van der Waals surface area contributed by atoms with Crippen LogP contribution in [0.4, 0.5) is 13.2 Å². The van der Waals surface area contributed by atoms with Gasteiger partial charge in [0.2, 0.25) is 5.91 Å². The monoisotopic (exact) mass is 300 g/mol. The average molecular weight is 300 g/mol. The molecule has 1 N–H and O–H groups in total. The van der Waals surface area contributed by atoms with Gasteiger partial charge < -0.3 is 10.2 Å². The van der Waals surface area contributed by atoms with Gasteiger partial charge in [0.05, 0.1) is 12.1 Å². The highest BCUT2D eigenvalue weighted by Gasteiger charge is 2.34. The zero-order valence-electron chi connectivity index (χ0n) is 11.9. The molecule has 1 saturated heterocycles. The van der Waals surface area contributed by atoms with Crippen LogP contribution >= 0.6 is 0 Å². The number of benzene rings is 1. The minimum absolute atomic E-state index is 0.0520. The van der Waals surface area contributed by atoms with Crippen LogP contribution in [-0.2, 0) is 11.0 Å². The summed E-state index contributed by atoms with van der Waals surface area (Å²) in [5.74, 6) is -0.0520. The minimum atomic E-state index is -4.38. The second-order valence-electron chi connectivity index (χ2n) is 5.28. The van der Waals surface area contributed by atoms with Crippen molar-refractivity contribution in [1.82, 2.24) is 10.2 Å². The van der Waals surface area contributed by atoms with Crippen molar-refractivity contribution in [2.75, 3.05) is 19.6 Å². The van der Waals surface area contributed by atoms with Crippen LogP contribution in [0.15, 0.2) is 24.3 Å². The van der Waals surface area contributed by atoms with Gasteiger partial charge >= 0.3 is 6.18 Å². The topological polar surface area (TPSA) is 32.3 Å². The van der Waals surface area contributed by atoms with E-state index >= 15 is 0 Å². The van der Waals surface area contributed by atoms with Crippen LogP contribution in [0.25, 0.3) is 0 Å². The van der Waals surface area contributed by atoms with Gasteiger partial charge in [-0.25, -0.2) is 0 Å². The normalized spacial score (nSPS) is 17.0. The molecule has 1 aromatic carbocycles. The minimum Gasteiger partial charge on any atom is -0.342 e. The lowest BCUT2D eigenvalue weighted by molar-refractivity contribution is -0.138. The van der Waals surface area contributed by atoms with Crippen LogP contribution in [-0.4, -0.2) is 30.4 Å². The van der Waals surface area contributed by atoms with Crippen molar-refractivity contribution >= 4 is 5.91 Å². The lowest BCUT2D eigenvalue weighted by atomic mass is 10.0. The third kappa shape index (κ3) is 3.97. The summed E-state index contributed by atoms with van der Waals surface area (Å²) < 4.78 is 38.9. The molecule has 6 heteroatoms. The SMILES string of the molecule is CC(NCC(=O)N1CCCC1)c1ccccc1C(F)(F)F. The molecule has 1 aliphatic rings. The Morgan fingerprint density at radius 1 is 1.29 bits per heavy atom. The Labute approximate surface area is 122 Å². The second-order valence-corrected chi connectivity index (χ2v) is 5.28. The number of alkyl halides is 3. The lowest BCUT2D eigenvalue weighted by Gasteiger charge is -2.21. The number of halogens is 3. The van der Waals surface area contributed by atoms with E-state index in [0.29, 0.717) is 0 Å². The third-order valence-corrected chi connectivity index (χ3v) is 3.75. The van der Waals surface area contributed by atoms with Gasteiger partial charge in [0.25, 0.3) is 0 Å². The van der Waals surface area contributed by atoms with Gasteiger partial charge in [-0.1, -0.05) is 18.2 Å². The van der Waals surface area contributed by atoms with Crippen LogP contribution < -0.4 is 5.32 Å². The summed E-state index contributed by atoms with van der Waals surface area (Å²) in [6, 6.07) is 4.92. The summed E-state index contributed by atoms with van der Waals surface area (Å²) >= 11 is 0. The fourth-order valence-corrected chi connectivity index (χ4v) is 2.56. The zero-order chi connectivity index (χ0) is 15.5. The Kier molecular flexibility index (Phi) is 4.88. The van der Waals surface area contributed by atoms with Gasteiger partial charge in [0.15, 0.2) is 0 Å². The zero-order valence-corrected chi connectivity index (χ0v) is 11.9. The molecule has 0 bridgehead atoms. The number of hydrogen-bond acceptors (Lipinski definition) is 2. The van der Waals surface area contributed by atoms with Crippen LogP contribution in [0.5, 0.6) is 0 Å². The van der Waals surface area contributed by atoms with Crippen LogP contribution in [0, 0.1) is 0 Å². The van der Waals surface area contributed by atoms with E-state index in [4.69, 9.17) is 0 Å². The van der Waals surface area contributed by atoms with E-state index in [2.05, 4.69) is 5.32 Å². The number of likely N-dealkylation sites (tertiary alicyclic amines) is 1. The van der Waals surface area contributed by atoms with Gasteiger partial charge in [0, 0.05) is 19.1 Å². The Bertz CT molecular complexity index is 496. The molecule has 0 aromatic heterocycles. The van der Waals surface area contributed by atoms with Crippen molar-refractivity contribution in [1.29, 1.82) is 0 Å². The molecule has 21 heavy (non-hydrogen) atoms. The standard InChI is InChI=1S/C15H19F3N2O/c1-11(19-10-14(21)20-8-4-5-9-20)12-6-2-3-7-13(12)15(16,17)18/h2-3,6-7,11,19H,4-5,8-10H2,1H3. The first-order valence-electron chi connectivity index (χ1n) is 7.07. The largest absolute Gasteiger partial charge is 0.416 e. The van der Waals surface area contributed by atoms with Gasteiger partial charge in [0.1, 0.15) is 0 Å². The van der Waals surface area contributed by atoms with Crippen molar-refractivity contribution in [3.63, 3.8) is 0 Å². The molecule has 0 saturated carbocycles. The number of nitrogens with zero attached hydrogens (tertiary/aromatic N) is 1. The lowest BCUT2D eigenvalue weighted by Crippen LogP contribution is -2.37. The number of rotatable bonds is 4.